The first-order valence-electron chi connectivity index (χ1n) is 10.7. The molecule has 31 heavy (non-hydrogen) atoms. The van der Waals surface area contributed by atoms with E-state index in [9.17, 15) is 0 Å². The summed E-state index contributed by atoms with van der Waals surface area (Å²) in [5.41, 5.74) is 20.5. The lowest BCUT2D eigenvalue weighted by atomic mass is 10.1. The summed E-state index contributed by atoms with van der Waals surface area (Å²) >= 11 is 0. The number of aromatic nitrogens is 3. The number of nitrogen functional groups attached to an aromatic ring is 1. The Labute approximate surface area is 182 Å². The fraction of sp³-hybridized carbons (Fsp3) is 0.364. The summed E-state index contributed by atoms with van der Waals surface area (Å²) in [6.45, 7) is 7.27. The second kappa shape index (κ2) is 8.09. The maximum atomic E-state index is 5.95. The second-order valence-electron chi connectivity index (χ2n) is 8.57. The molecule has 4 heterocycles. The topological polar surface area (TPSA) is 108 Å². The van der Waals surface area contributed by atoms with Crippen LogP contribution in [0.25, 0.3) is 0 Å². The summed E-state index contributed by atoms with van der Waals surface area (Å²) in [6.07, 6.45) is 4.74. The highest BCUT2D eigenvalue weighted by Crippen LogP contribution is 2.30. The quantitative estimate of drug-likeness (QED) is 0.427. The number of piperazine rings is 1. The molecule has 0 amide bonds. The van der Waals surface area contributed by atoms with Gasteiger partial charge in [0.25, 0.3) is 0 Å². The molecule has 2 aliphatic heterocycles. The Bertz CT molecular complexity index is 1070. The van der Waals surface area contributed by atoms with E-state index in [2.05, 4.69) is 81.0 Å². The summed E-state index contributed by atoms with van der Waals surface area (Å²) in [5, 5.41) is 8.18. The number of hydrazine groups is 2. The first kappa shape index (κ1) is 19.7. The zero-order chi connectivity index (χ0) is 21.4. The molecule has 0 aliphatic carbocycles. The molecule has 3 aromatic rings. The van der Waals surface area contributed by atoms with E-state index in [-0.39, 0.29) is 0 Å². The highest BCUT2D eigenvalue weighted by Gasteiger charge is 2.21. The predicted molar refractivity (Wildman–Crippen MR) is 124 cm³/mol. The van der Waals surface area contributed by atoms with Crippen molar-refractivity contribution in [2.24, 2.45) is 0 Å². The van der Waals surface area contributed by atoms with Gasteiger partial charge in [-0.1, -0.05) is 12.1 Å². The van der Waals surface area contributed by atoms with Gasteiger partial charge in [0.2, 0.25) is 0 Å². The molecular formula is C22H29N9. The number of nitrogens with zero attached hydrogens (tertiary/aromatic N) is 4. The molecule has 1 fully saturated rings. The van der Waals surface area contributed by atoms with Gasteiger partial charge in [-0.05, 0) is 48.7 Å². The van der Waals surface area contributed by atoms with Gasteiger partial charge in [-0.2, -0.15) is 5.10 Å². The van der Waals surface area contributed by atoms with E-state index in [1.807, 2.05) is 16.9 Å². The van der Waals surface area contributed by atoms with Gasteiger partial charge in [-0.25, -0.2) is 4.98 Å². The van der Waals surface area contributed by atoms with E-state index in [1.165, 1.54) is 11.3 Å². The van der Waals surface area contributed by atoms with Crippen molar-refractivity contribution < 1.29 is 0 Å². The SMILES string of the molecule is C[C@@H]1CN(c2cccc(Cn3cc(Cc4cc(N)nc5c4NNN5)cn3)c2)C[C@H](C)N1. The van der Waals surface area contributed by atoms with Crippen LogP contribution < -0.4 is 32.3 Å². The third-order valence-electron chi connectivity index (χ3n) is 5.75. The molecule has 0 radical (unpaired) electrons. The average molecular weight is 420 g/mol. The lowest BCUT2D eigenvalue weighted by Crippen LogP contribution is -2.54. The Morgan fingerprint density at radius 2 is 1.94 bits per heavy atom. The normalized spacial score (nSPS) is 20.3. The molecule has 2 atom stereocenters. The minimum atomic E-state index is 0.490. The largest absolute Gasteiger partial charge is 0.384 e. The lowest BCUT2D eigenvalue weighted by Gasteiger charge is -2.37. The second-order valence-corrected chi connectivity index (χ2v) is 8.57. The van der Waals surface area contributed by atoms with Crippen molar-refractivity contribution in [3.8, 4) is 0 Å². The van der Waals surface area contributed by atoms with Crippen molar-refractivity contribution in [3.05, 3.63) is 59.4 Å². The van der Waals surface area contributed by atoms with Crippen LogP contribution in [0.1, 0.15) is 30.5 Å². The summed E-state index contributed by atoms with van der Waals surface area (Å²) in [7, 11) is 0. The first-order valence-corrected chi connectivity index (χ1v) is 10.7. The van der Waals surface area contributed by atoms with Gasteiger partial charge < -0.3 is 21.4 Å². The van der Waals surface area contributed by atoms with Crippen LogP contribution in [-0.2, 0) is 13.0 Å². The zero-order valence-corrected chi connectivity index (χ0v) is 17.9. The van der Waals surface area contributed by atoms with Gasteiger partial charge in [0.15, 0.2) is 5.82 Å². The van der Waals surface area contributed by atoms with Crippen LogP contribution in [-0.4, -0.2) is 39.9 Å². The maximum Gasteiger partial charge on any atom is 0.169 e. The van der Waals surface area contributed by atoms with Crippen molar-refractivity contribution >= 4 is 23.0 Å². The minimum Gasteiger partial charge on any atom is -0.384 e. The number of hydrogen-bond acceptors (Lipinski definition) is 8. The molecule has 5 rings (SSSR count). The predicted octanol–water partition coefficient (Wildman–Crippen LogP) is 1.94. The van der Waals surface area contributed by atoms with E-state index in [0.29, 0.717) is 17.9 Å². The molecule has 9 heteroatoms. The highest BCUT2D eigenvalue weighted by atomic mass is 15.6. The van der Waals surface area contributed by atoms with E-state index < -0.39 is 0 Å². The number of nitrogens with two attached hydrogens (primary N) is 1. The van der Waals surface area contributed by atoms with Gasteiger partial charge in [-0.15, -0.1) is 5.53 Å². The Morgan fingerprint density at radius 3 is 2.77 bits per heavy atom. The van der Waals surface area contributed by atoms with E-state index in [1.54, 1.807) is 0 Å². The van der Waals surface area contributed by atoms with Crippen LogP contribution in [0.4, 0.5) is 23.0 Å². The molecule has 9 nitrogen and oxygen atoms in total. The third kappa shape index (κ3) is 4.28. The number of hydrogen-bond donors (Lipinski definition) is 5. The summed E-state index contributed by atoms with van der Waals surface area (Å²) < 4.78 is 1.99. The molecule has 162 valence electrons. The van der Waals surface area contributed by atoms with Crippen LogP contribution in [0.3, 0.4) is 0 Å². The van der Waals surface area contributed by atoms with Crippen molar-refractivity contribution in [1.29, 1.82) is 0 Å². The number of anilines is 4. The van der Waals surface area contributed by atoms with Gasteiger partial charge in [0.1, 0.15) is 5.82 Å². The smallest absolute Gasteiger partial charge is 0.169 e. The van der Waals surface area contributed by atoms with Gasteiger partial charge in [0.05, 0.1) is 18.4 Å². The molecular weight excluding hydrogens is 390 g/mol. The number of pyridine rings is 1. The van der Waals surface area contributed by atoms with Crippen molar-refractivity contribution in [2.75, 3.05) is 34.6 Å². The number of benzene rings is 1. The zero-order valence-electron chi connectivity index (χ0n) is 17.9. The van der Waals surface area contributed by atoms with Crippen LogP contribution >= 0.6 is 0 Å². The molecule has 2 aliphatic rings. The van der Waals surface area contributed by atoms with E-state index >= 15 is 0 Å². The molecule has 0 spiro atoms. The van der Waals surface area contributed by atoms with Gasteiger partial charge in [0, 0.05) is 43.5 Å². The molecule has 1 saturated heterocycles. The van der Waals surface area contributed by atoms with Gasteiger partial charge >= 0.3 is 0 Å². The number of fused-ring (bicyclic) bond motifs is 1. The Balaban J connectivity index is 1.30. The monoisotopic (exact) mass is 419 g/mol. The van der Waals surface area contributed by atoms with Crippen LogP contribution in [0.2, 0.25) is 0 Å². The van der Waals surface area contributed by atoms with Crippen LogP contribution in [0, 0.1) is 0 Å². The molecule has 1 aromatic carbocycles. The third-order valence-corrected chi connectivity index (χ3v) is 5.75. The first-order chi connectivity index (χ1) is 15.0. The number of nitrogens with one attached hydrogen (secondary N) is 4. The van der Waals surface area contributed by atoms with Crippen molar-refractivity contribution in [1.82, 2.24) is 25.6 Å². The van der Waals surface area contributed by atoms with E-state index in [0.717, 1.165) is 48.7 Å². The minimum absolute atomic E-state index is 0.490. The molecule has 2 aromatic heterocycles. The molecule has 6 N–H and O–H groups in total. The molecule has 0 bridgehead atoms. The summed E-state index contributed by atoms with van der Waals surface area (Å²) in [4.78, 5) is 6.75. The van der Waals surface area contributed by atoms with Gasteiger partial charge in [-0.3, -0.25) is 10.1 Å². The lowest BCUT2D eigenvalue weighted by molar-refractivity contribution is 0.407. The maximum absolute atomic E-state index is 5.95. The Kier molecular flexibility index (Phi) is 5.13. The van der Waals surface area contributed by atoms with Crippen molar-refractivity contribution in [3.63, 3.8) is 0 Å². The number of rotatable bonds is 5. The van der Waals surface area contributed by atoms with E-state index in [4.69, 9.17) is 5.73 Å². The van der Waals surface area contributed by atoms with Crippen molar-refractivity contribution in [2.45, 2.75) is 38.9 Å². The standard InChI is InChI=1S/C22H29N9/c1-14-10-30(11-15(2)25-14)19-5-3-4-16(7-19)12-31-13-17(9-24-31)6-18-8-20(23)26-22-21(18)27-29-28-22/h3-5,7-9,13-15,25,27,29H,6,10-12H2,1-2H3,(H3,23,26,28)/t14-,15+. The molecule has 0 unspecified atom stereocenters. The average Bonchev–Trinajstić information content (AvgIpc) is 3.37. The fourth-order valence-electron chi connectivity index (χ4n) is 4.52. The molecule has 0 saturated carbocycles. The highest BCUT2D eigenvalue weighted by molar-refractivity contribution is 5.74. The fourth-order valence-corrected chi connectivity index (χ4v) is 4.52. The summed E-state index contributed by atoms with van der Waals surface area (Å²) in [5.74, 6) is 1.21. The Hall–Kier alpha value is -3.30. The Morgan fingerprint density at radius 1 is 1.10 bits per heavy atom. The summed E-state index contributed by atoms with van der Waals surface area (Å²) in [6, 6.07) is 11.7. The van der Waals surface area contributed by atoms with Crippen LogP contribution in [0.5, 0.6) is 0 Å². The van der Waals surface area contributed by atoms with Crippen LogP contribution in [0.15, 0.2) is 42.7 Å².